The molecular weight excluding hydrogens is 502 g/mol. The Morgan fingerprint density at radius 2 is 1.33 bits per heavy atom. The molecule has 0 spiro atoms. The van der Waals surface area contributed by atoms with Crippen LogP contribution in [-0.4, -0.2) is 91.3 Å². The van der Waals surface area contributed by atoms with Crippen LogP contribution in [0.3, 0.4) is 0 Å². The number of carbonyl (C=O) groups is 5. The molecule has 3 amide bonds. The maximum absolute atomic E-state index is 12.4. The summed E-state index contributed by atoms with van der Waals surface area (Å²) in [5.74, 6) is -0.0817. The molecule has 11 heteroatoms. The monoisotopic (exact) mass is 549 g/mol. The normalized spacial score (nSPS) is 27.8. The van der Waals surface area contributed by atoms with E-state index in [0.717, 1.165) is 58.0 Å². The zero-order valence-electron chi connectivity index (χ0n) is 23.8. The number of nitrogens with zero attached hydrogens (tertiary/aromatic N) is 1. The predicted octanol–water partition coefficient (Wildman–Crippen LogP) is 1.29. The van der Waals surface area contributed by atoms with E-state index in [0.29, 0.717) is 32.6 Å². The second kappa shape index (κ2) is 14.7. The van der Waals surface area contributed by atoms with Gasteiger partial charge in [-0.15, -0.1) is 0 Å². The largest absolute Gasteiger partial charge is 0.444 e. The summed E-state index contributed by atoms with van der Waals surface area (Å²) in [6.07, 6.45) is 7.00. The minimum atomic E-state index is -0.554. The van der Waals surface area contributed by atoms with Crippen LogP contribution in [0.1, 0.15) is 78.6 Å². The fraction of sp³-hybridized carbons (Fsp3) is 0.821. The fourth-order valence-electron chi connectivity index (χ4n) is 5.42. The molecule has 0 radical (unpaired) electrons. The Morgan fingerprint density at radius 3 is 1.85 bits per heavy atom. The van der Waals surface area contributed by atoms with Gasteiger partial charge in [0.15, 0.2) is 11.6 Å². The van der Waals surface area contributed by atoms with Crippen LogP contribution in [0, 0.1) is 11.8 Å². The Kier molecular flexibility index (Phi) is 11.7. The zero-order chi connectivity index (χ0) is 28.4. The van der Waals surface area contributed by atoms with Crippen molar-refractivity contribution in [2.75, 3.05) is 39.3 Å². The van der Waals surface area contributed by atoms with Gasteiger partial charge in [0.2, 0.25) is 11.8 Å². The first-order valence-electron chi connectivity index (χ1n) is 14.6. The second-order valence-corrected chi connectivity index (χ2v) is 12.0. The molecule has 4 fully saturated rings. The Balaban J connectivity index is 0.000000230. The zero-order valence-corrected chi connectivity index (χ0v) is 23.8. The molecule has 39 heavy (non-hydrogen) atoms. The maximum atomic E-state index is 12.4. The molecule has 0 bridgehead atoms. The van der Waals surface area contributed by atoms with E-state index >= 15 is 0 Å². The maximum Gasteiger partial charge on any atom is 0.410 e. The summed E-state index contributed by atoms with van der Waals surface area (Å²) in [5.41, 5.74) is -0.554. The van der Waals surface area contributed by atoms with Gasteiger partial charge in [0.25, 0.3) is 0 Å². The molecule has 4 heterocycles. The van der Waals surface area contributed by atoms with Gasteiger partial charge in [0.1, 0.15) is 5.60 Å². The van der Waals surface area contributed by atoms with Gasteiger partial charge in [-0.25, -0.2) is 4.79 Å². The summed E-state index contributed by atoms with van der Waals surface area (Å²) in [4.78, 5) is 61.4. The van der Waals surface area contributed by atoms with Crippen LogP contribution in [0.15, 0.2) is 0 Å². The van der Waals surface area contributed by atoms with Gasteiger partial charge in [-0.2, -0.15) is 0 Å². The molecule has 4 saturated heterocycles. The third kappa shape index (κ3) is 10.2. The highest BCUT2D eigenvalue weighted by atomic mass is 16.6. The topological polar surface area (TPSA) is 146 Å². The molecule has 11 nitrogen and oxygen atoms in total. The van der Waals surface area contributed by atoms with Crippen molar-refractivity contribution < 1.29 is 28.7 Å². The SMILES string of the molecule is CC(C)(C)OC(=O)N1CCNC(C(=O)C[C@H]2CCCNC2=O)C1.O=C(C[C@H]1CCCNC1=O)C1CCCCN1. The number of nitrogens with one attached hydrogen (secondary N) is 4. The van der Waals surface area contributed by atoms with Crippen LogP contribution < -0.4 is 21.3 Å². The summed E-state index contributed by atoms with van der Waals surface area (Å²) >= 11 is 0. The summed E-state index contributed by atoms with van der Waals surface area (Å²) in [6, 6.07) is -0.422. The number of rotatable bonds is 6. The van der Waals surface area contributed by atoms with Crippen molar-refractivity contribution in [2.24, 2.45) is 11.8 Å². The van der Waals surface area contributed by atoms with Crippen LogP contribution in [-0.2, 0) is 23.9 Å². The average Bonchev–Trinajstić information content (AvgIpc) is 2.91. The molecule has 220 valence electrons. The smallest absolute Gasteiger partial charge is 0.410 e. The van der Waals surface area contributed by atoms with E-state index in [1.807, 2.05) is 20.8 Å². The van der Waals surface area contributed by atoms with Crippen molar-refractivity contribution in [1.29, 1.82) is 0 Å². The molecule has 0 aromatic carbocycles. The lowest BCUT2D eigenvalue weighted by atomic mass is 9.89. The Hall–Kier alpha value is -2.53. The first-order chi connectivity index (χ1) is 18.5. The average molecular weight is 550 g/mol. The standard InChI is InChI=1S/C16H27N3O4.C12H20N2O2/c1-16(2,3)23-15(22)19-8-7-17-12(10-19)13(20)9-11-5-4-6-18-14(11)21;15-11(10-5-1-2-6-13-10)8-9-4-3-7-14-12(9)16/h11-12,17H,4-10H2,1-3H3,(H,18,21);9-10,13H,1-8H2,(H,14,16)/t11-,12?;9-,10?/m11/s1. The quantitative estimate of drug-likeness (QED) is 0.388. The third-order valence-electron chi connectivity index (χ3n) is 7.61. The van der Waals surface area contributed by atoms with Gasteiger partial charge in [0.05, 0.1) is 12.1 Å². The van der Waals surface area contributed by atoms with Crippen molar-refractivity contribution in [3.63, 3.8) is 0 Å². The Labute approximate surface area is 231 Å². The first-order valence-corrected chi connectivity index (χ1v) is 14.6. The van der Waals surface area contributed by atoms with E-state index in [-0.39, 0.29) is 47.7 Å². The molecular formula is C28H47N5O6. The van der Waals surface area contributed by atoms with Crippen molar-refractivity contribution in [3.8, 4) is 0 Å². The number of piperidine rings is 3. The summed E-state index contributed by atoms with van der Waals surface area (Å²) in [7, 11) is 0. The van der Waals surface area contributed by atoms with Crippen LogP contribution in [0.2, 0.25) is 0 Å². The summed E-state index contributed by atoms with van der Waals surface area (Å²) in [5, 5.41) is 12.0. The minimum Gasteiger partial charge on any atom is -0.444 e. The molecule has 4 aliphatic heterocycles. The molecule has 4 aliphatic rings. The summed E-state index contributed by atoms with van der Waals surface area (Å²) in [6.45, 7) is 9.21. The Bertz CT molecular complexity index is 882. The van der Waals surface area contributed by atoms with Gasteiger partial charge in [-0.1, -0.05) is 6.42 Å². The lowest BCUT2D eigenvalue weighted by Crippen LogP contribution is -2.56. The molecule has 4 N–H and O–H groups in total. The molecule has 0 saturated carbocycles. The third-order valence-corrected chi connectivity index (χ3v) is 7.61. The number of ether oxygens (including phenoxy) is 1. The molecule has 2 unspecified atom stereocenters. The highest BCUT2D eigenvalue weighted by Gasteiger charge is 2.33. The van der Waals surface area contributed by atoms with Crippen molar-refractivity contribution in [3.05, 3.63) is 0 Å². The number of ketones is 2. The van der Waals surface area contributed by atoms with Crippen LogP contribution in [0.25, 0.3) is 0 Å². The van der Waals surface area contributed by atoms with E-state index < -0.39 is 17.7 Å². The van der Waals surface area contributed by atoms with E-state index in [1.165, 1.54) is 0 Å². The highest BCUT2D eigenvalue weighted by molar-refractivity contribution is 5.91. The Morgan fingerprint density at radius 1 is 0.769 bits per heavy atom. The van der Waals surface area contributed by atoms with Gasteiger partial charge in [0, 0.05) is 57.4 Å². The van der Waals surface area contributed by atoms with Gasteiger partial charge >= 0.3 is 6.09 Å². The predicted molar refractivity (Wildman–Crippen MR) is 146 cm³/mol. The molecule has 4 atom stereocenters. The van der Waals surface area contributed by atoms with Crippen LogP contribution in [0.4, 0.5) is 4.79 Å². The number of carbonyl (C=O) groups excluding carboxylic acids is 5. The molecule has 0 aromatic heterocycles. The molecule has 0 aromatic rings. The molecule has 0 aliphatic carbocycles. The van der Waals surface area contributed by atoms with Crippen molar-refractivity contribution >= 4 is 29.5 Å². The number of hydrogen-bond acceptors (Lipinski definition) is 8. The molecule has 4 rings (SSSR count). The van der Waals surface area contributed by atoms with E-state index in [2.05, 4.69) is 21.3 Å². The van der Waals surface area contributed by atoms with Crippen molar-refractivity contribution in [2.45, 2.75) is 96.2 Å². The van der Waals surface area contributed by atoms with E-state index in [1.54, 1.807) is 4.90 Å². The second-order valence-electron chi connectivity index (χ2n) is 12.0. The number of hydrogen-bond donors (Lipinski definition) is 4. The summed E-state index contributed by atoms with van der Waals surface area (Å²) < 4.78 is 5.36. The first kappa shape index (κ1) is 31.0. The van der Waals surface area contributed by atoms with E-state index in [9.17, 15) is 24.0 Å². The van der Waals surface area contributed by atoms with Gasteiger partial charge in [-0.3, -0.25) is 19.2 Å². The lowest BCUT2D eigenvalue weighted by molar-refractivity contribution is -0.132. The van der Waals surface area contributed by atoms with E-state index in [4.69, 9.17) is 4.74 Å². The highest BCUT2D eigenvalue weighted by Crippen LogP contribution is 2.20. The fourth-order valence-corrected chi connectivity index (χ4v) is 5.42. The van der Waals surface area contributed by atoms with Crippen LogP contribution >= 0.6 is 0 Å². The lowest BCUT2D eigenvalue weighted by Gasteiger charge is -2.34. The number of piperazine rings is 1. The van der Waals surface area contributed by atoms with Crippen molar-refractivity contribution in [1.82, 2.24) is 26.2 Å². The number of amides is 3. The van der Waals surface area contributed by atoms with Gasteiger partial charge < -0.3 is 30.9 Å². The van der Waals surface area contributed by atoms with Gasteiger partial charge in [-0.05, 0) is 65.8 Å². The van der Waals surface area contributed by atoms with Crippen LogP contribution in [0.5, 0.6) is 0 Å². The minimum absolute atomic E-state index is 0.00322. The number of Topliss-reactive ketones (excluding diaryl/α,β-unsaturated/α-hetero) is 2.